The number of aryl methyl sites for hydroxylation is 1. The molecule has 2 heterocycles. The molecule has 0 atom stereocenters. The van der Waals surface area contributed by atoms with Crippen molar-refractivity contribution in [3.8, 4) is 16.9 Å². The van der Waals surface area contributed by atoms with E-state index in [-0.39, 0.29) is 12.4 Å². The topological polar surface area (TPSA) is 56.5 Å². The summed E-state index contributed by atoms with van der Waals surface area (Å²) in [5, 5.41) is 2.73. The van der Waals surface area contributed by atoms with E-state index in [9.17, 15) is 9.59 Å². The molecule has 0 saturated heterocycles. The van der Waals surface area contributed by atoms with Crippen molar-refractivity contribution in [2.24, 2.45) is 0 Å². The third kappa shape index (κ3) is 3.55. The minimum absolute atomic E-state index is 0.214. The van der Waals surface area contributed by atoms with Gasteiger partial charge >= 0.3 is 11.6 Å². The van der Waals surface area contributed by atoms with E-state index < -0.39 is 5.63 Å². The van der Waals surface area contributed by atoms with Crippen LogP contribution in [0.4, 0.5) is 0 Å². The number of ether oxygens (including phenoxy) is 1. The monoisotopic (exact) mass is 376 g/mol. The Kier molecular flexibility index (Phi) is 4.60. The van der Waals surface area contributed by atoms with Gasteiger partial charge in [0.05, 0.1) is 12.0 Å². The zero-order chi connectivity index (χ0) is 18.8. The number of esters is 1. The Morgan fingerprint density at radius 3 is 2.63 bits per heavy atom. The van der Waals surface area contributed by atoms with Gasteiger partial charge in [0.25, 0.3) is 0 Å². The molecule has 0 fully saturated rings. The van der Waals surface area contributed by atoms with Crippen molar-refractivity contribution in [1.82, 2.24) is 0 Å². The van der Waals surface area contributed by atoms with Crippen molar-refractivity contribution in [3.63, 3.8) is 0 Å². The molecule has 2 aromatic heterocycles. The van der Waals surface area contributed by atoms with Gasteiger partial charge in [-0.25, -0.2) is 4.79 Å². The molecule has 0 bridgehead atoms. The van der Waals surface area contributed by atoms with Gasteiger partial charge in [0.2, 0.25) is 0 Å². The highest BCUT2D eigenvalue weighted by molar-refractivity contribution is 7.10. The Bertz CT molecular complexity index is 1160. The second-order valence-electron chi connectivity index (χ2n) is 6.14. The lowest BCUT2D eigenvalue weighted by Crippen LogP contribution is -2.10. The zero-order valence-corrected chi connectivity index (χ0v) is 15.4. The van der Waals surface area contributed by atoms with Crippen LogP contribution in [-0.2, 0) is 11.2 Å². The van der Waals surface area contributed by atoms with E-state index in [0.717, 1.165) is 21.4 Å². The van der Waals surface area contributed by atoms with Crippen molar-refractivity contribution >= 4 is 28.3 Å². The number of carbonyl (C=O) groups is 1. The van der Waals surface area contributed by atoms with Gasteiger partial charge in [-0.05, 0) is 41.6 Å². The molecule has 134 valence electrons. The largest absolute Gasteiger partial charge is 0.426 e. The van der Waals surface area contributed by atoms with Crippen molar-refractivity contribution in [3.05, 3.63) is 86.9 Å². The van der Waals surface area contributed by atoms with Crippen LogP contribution in [-0.4, -0.2) is 5.97 Å². The van der Waals surface area contributed by atoms with E-state index in [4.69, 9.17) is 9.15 Å². The molecule has 0 aliphatic carbocycles. The lowest BCUT2D eigenvalue weighted by Gasteiger charge is -2.09. The SMILES string of the molecule is Cc1c(-c2ccccc2)c(=O)oc2cc(OC(=O)Cc3cccs3)ccc12. The lowest BCUT2D eigenvalue weighted by atomic mass is 10.00. The van der Waals surface area contributed by atoms with Crippen LogP contribution in [0, 0.1) is 6.92 Å². The zero-order valence-electron chi connectivity index (χ0n) is 14.6. The number of hydrogen-bond acceptors (Lipinski definition) is 5. The first kappa shape index (κ1) is 17.2. The average molecular weight is 376 g/mol. The highest BCUT2D eigenvalue weighted by atomic mass is 32.1. The van der Waals surface area contributed by atoms with Gasteiger partial charge in [-0.15, -0.1) is 11.3 Å². The Labute approximate surface area is 159 Å². The highest BCUT2D eigenvalue weighted by Gasteiger charge is 2.15. The summed E-state index contributed by atoms with van der Waals surface area (Å²) >= 11 is 1.51. The quantitative estimate of drug-likeness (QED) is 0.286. The molecule has 0 amide bonds. The second kappa shape index (κ2) is 7.21. The maximum Gasteiger partial charge on any atom is 0.344 e. The average Bonchev–Trinajstić information content (AvgIpc) is 3.15. The van der Waals surface area contributed by atoms with Crippen LogP contribution in [0.1, 0.15) is 10.4 Å². The summed E-state index contributed by atoms with van der Waals surface area (Å²) in [6.07, 6.45) is 0.214. The summed E-state index contributed by atoms with van der Waals surface area (Å²) in [4.78, 5) is 25.5. The third-order valence-electron chi connectivity index (χ3n) is 4.33. The van der Waals surface area contributed by atoms with Gasteiger partial charge in [-0.3, -0.25) is 4.79 Å². The number of fused-ring (bicyclic) bond motifs is 1. The predicted molar refractivity (Wildman–Crippen MR) is 106 cm³/mol. The van der Waals surface area contributed by atoms with E-state index >= 15 is 0 Å². The molecule has 0 unspecified atom stereocenters. The fourth-order valence-electron chi connectivity index (χ4n) is 3.06. The number of hydrogen-bond donors (Lipinski definition) is 0. The maximum absolute atomic E-state index is 12.5. The highest BCUT2D eigenvalue weighted by Crippen LogP contribution is 2.29. The smallest absolute Gasteiger partial charge is 0.344 e. The molecular formula is C22H16O4S. The maximum atomic E-state index is 12.5. The first-order valence-electron chi connectivity index (χ1n) is 8.48. The summed E-state index contributed by atoms with van der Waals surface area (Å²) in [7, 11) is 0. The van der Waals surface area contributed by atoms with Gasteiger partial charge in [0.1, 0.15) is 11.3 Å². The standard InChI is InChI=1S/C22H16O4S/c1-14-18-10-9-16(25-20(23)13-17-8-5-11-27-17)12-19(18)26-22(24)21(14)15-6-3-2-4-7-15/h2-12H,13H2,1H3. The molecule has 5 heteroatoms. The predicted octanol–water partition coefficient (Wildman–Crippen LogP) is 4.98. The van der Waals surface area contributed by atoms with Crippen LogP contribution in [0.15, 0.2) is 75.3 Å². The first-order valence-corrected chi connectivity index (χ1v) is 9.36. The molecular weight excluding hydrogens is 360 g/mol. The Morgan fingerprint density at radius 2 is 1.89 bits per heavy atom. The van der Waals surface area contributed by atoms with Gasteiger partial charge < -0.3 is 9.15 Å². The van der Waals surface area contributed by atoms with Gasteiger partial charge in [0.15, 0.2) is 0 Å². The van der Waals surface area contributed by atoms with Crippen molar-refractivity contribution in [1.29, 1.82) is 0 Å². The van der Waals surface area contributed by atoms with Crippen LogP contribution in [0.25, 0.3) is 22.1 Å². The van der Waals surface area contributed by atoms with Crippen LogP contribution in [0.3, 0.4) is 0 Å². The molecule has 0 radical (unpaired) electrons. The van der Waals surface area contributed by atoms with E-state index in [1.165, 1.54) is 11.3 Å². The van der Waals surface area contributed by atoms with E-state index in [1.54, 1.807) is 12.1 Å². The Hall–Kier alpha value is -3.18. The van der Waals surface area contributed by atoms with Crippen LogP contribution in [0.2, 0.25) is 0 Å². The summed E-state index contributed by atoms with van der Waals surface area (Å²) < 4.78 is 10.9. The first-order chi connectivity index (χ1) is 13.1. The molecule has 0 aliphatic rings. The lowest BCUT2D eigenvalue weighted by molar-refractivity contribution is -0.133. The molecule has 0 N–H and O–H groups in total. The Morgan fingerprint density at radius 1 is 1.07 bits per heavy atom. The molecule has 0 aliphatic heterocycles. The summed E-state index contributed by atoms with van der Waals surface area (Å²) in [5.74, 6) is 0.0100. The van der Waals surface area contributed by atoms with Gasteiger partial charge in [0, 0.05) is 16.3 Å². The summed E-state index contributed by atoms with van der Waals surface area (Å²) in [6.45, 7) is 1.89. The fraction of sp³-hybridized carbons (Fsp3) is 0.0909. The number of carbonyl (C=O) groups excluding carboxylic acids is 1. The molecule has 2 aromatic carbocycles. The van der Waals surface area contributed by atoms with E-state index in [0.29, 0.717) is 16.9 Å². The van der Waals surface area contributed by atoms with E-state index in [1.807, 2.05) is 60.8 Å². The van der Waals surface area contributed by atoms with Crippen LogP contribution >= 0.6 is 11.3 Å². The fourth-order valence-corrected chi connectivity index (χ4v) is 3.75. The van der Waals surface area contributed by atoms with E-state index in [2.05, 4.69) is 0 Å². The van der Waals surface area contributed by atoms with Crippen LogP contribution < -0.4 is 10.4 Å². The molecule has 4 aromatic rings. The number of rotatable bonds is 4. The number of thiophene rings is 1. The van der Waals surface area contributed by atoms with Crippen LogP contribution in [0.5, 0.6) is 5.75 Å². The molecule has 4 nitrogen and oxygen atoms in total. The molecule has 0 saturated carbocycles. The molecule has 4 rings (SSSR count). The second-order valence-corrected chi connectivity index (χ2v) is 7.18. The summed E-state index contributed by atoms with van der Waals surface area (Å²) in [5.41, 5.74) is 2.19. The van der Waals surface area contributed by atoms with Gasteiger partial charge in [-0.1, -0.05) is 36.4 Å². The molecule has 0 spiro atoms. The molecule has 27 heavy (non-hydrogen) atoms. The number of benzene rings is 2. The third-order valence-corrected chi connectivity index (χ3v) is 5.21. The van der Waals surface area contributed by atoms with Crippen molar-refractivity contribution in [2.75, 3.05) is 0 Å². The Balaban J connectivity index is 1.67. The minimum Gasteiger partial charge on any atom is -0.426 e. The van der Waals surface area contributed by atoms with Gasteiger partial charge in [-0.2, -0.15) is 0 Å². The van der Waals surface area contributed by atoms with Crippen molar-refractivity contribution in [2.45, 2.75) is 13.3 Å². The normalized spacial score (nSPS) is 10.9. The summed E-state index contributed by atoms with van der Waals surface area (Å²) in [6, 6.07) is 18.3. The van der Waals surface area contributed by atoms with Crippen molar-refractivity contribution < 1.29 is 13.9 Å². The minimum atomic E-state index is -0.409.